The van der Waals surface area contributed by atoms with Crippen LogP contribution in [0.25, 0.3) is 0 Å². The van der Waals surface area contributed by atoms with Gasteiger partial charge in [-0.3, -0.25) is 4.79 Å². The highest BCUT2D eigenvalue weighted by atomic mass is 32.2. The van der Waals surface area contributed by atoms with Gasteiger partial charge in [0.2, 0.25) is 15.9 Å². The number of benzene rings is 3. The molecular formula is C21H19FN2O3S. The lowest BCUT2D eigenvalue weighted by Crippen LogP contribution is -2.45. The van der Waals surface area contributed by atoms with Crippen LogP contribution in [0.3, 0.4) is 0 Å². The molecule has 2 N–H and O–H groups in total. The Morgan fingerprint density at radius 3 is 2.04 bits per heavy atom. The molecule has 7 heteroatoms. The summed E-state index contributed by atoms with van der Waals surface area (Å²) in [6, 6.07) is 21.3. The van der Waals surface area contributed by atoms with Gasteiger partial charge < -0.3 is 5.32 Å². The highest BCUT2D eigenvalue weighted by Gasteiger charge is 2.26. The number of carbonyl (C=O) groups excluding carboxylic acids is 1. The van der Waals surface area contributed by atoms with E-state index < -0.39 is 27.8 Å². The average molecular weight is 398 g/mol. The van der Waals surface area contributed by atoms with Crippen LogP contribution in [0, 0.1) is 5.82 Å². The molecule has 5 nitrogen and oxygen atoms in total. The number of amides is 1. The number of hydrogen-bond acceptors (Lipinski definition) is 3. The van der Waals surface area contributed by atoms with Crippen molar-refractivity contribution in [3.63, 3.8) is 0 Å². The van der Waals surface area contributed by atoms with E-state index in [1.165, 1.54) is 0 Å². The summed E-state index contributed by atoms with van der Waals surface area (Å²) in [4.78, 5) is 12.7. The van der Waals surface area contributed by atoms with E-state index in [1.807, 2.05) is 36.4 Å². The van der Waals surface area contributed by atoms with Crippen LogP contribution in [0.2, 0.25) is 0 Å². The minimum atomic E-state index is -4.01. The molecule has 3 aromatic rings. The maximum atomic E-state index is 13.1. The van der Waals surface area contributed by atoms with E-state index in [0.717, 1.165) is 29.8 Å². The number of anilines is 1. The first kappa shape index (κ1) is 19.7. The van der Waals surface area contributed by atoms with Gasteiger partial charge in [-0.15, -0.1) is 0 Å². The van der Waals surface area contributed by atoms with Gasteiger partial charge in [0, 0.05) is 5.69 Å². The molecule has 0 bridgehead atoms. The summed E-state index contributed by atoms with van der Waals surface area (Å²) in [5.41, 5.74) is 1.36. The number of para-hydroxylation sites is 1. The topological polar surface area (TPSA) is 75.3 Å². The molecule has 0 fully saturated rings. The zero-order chi connectivity index (χ0) is 20.0. The minimum absolute atomic E-state index is 0.112. The van der Waals surface area contributed by atoms with Crippen LogP contribution in [0.1, 0.15) is 5.56 Å². The standard InChI is InChI=1S/C21H19FN2O3S/c22-17-11-13-19(14-12-17)28(26,27)24-20(15-16-7-3-1-4-8-16)21(25)23-18-9-5-2-6-10-18/h1-14,20,24H,15H2,(H,23,25). The zero-order valence-electron chi connectivity index (χ0n) is 14.9. The van der Waals surface area contributed by atoms with Crippen LogP contribution in [0.15, 0.2) is 89.8 Å². The van der Waals surface area contributed by atoms with Gasteiger partial charge in [-0.05, 0) is 48.4 Å². The molecule has 0 aliphatic carbocycles. The lowest BCUT2D eigenvalue weighted by atomic mass is 10.1. The molecular weight excluding hydrogens is 379 g/mol. The van der Waals surface area contributed by atoms with Crippen molar-refractivity contribution in [3.05, 3.63) is 96.3 Å². The molecule has 0 aliphatic rings. The maximum absolute atomic E-state index is 13.1. The van der Waals surface area contributed by atoms with Gasteiger partial charge in [-0.25, -0.2) is 12.8 Å². The molecule has 0 radical (unpaired) electrons. The van der Waals surface area contributed by atoms with Gasteiger partial charge in [-0.2, -0.15) is 4.72 Å². The zero-order valence-corrected chi connectivity index (χ0v) is 15.7. The second-order valence-electron chi connectivity index (χ2n) is 6.17. The van der Waals surface area contributed by atoms with E-state index in [-0.39, 0.29) is 11.3 Å². The van der Waals surface area contributed by atoms with Crippen molar-refractivity contribution in [3.8, 4) is 0 Å². The Kier molecular flexibility index (Phi) is 6.18. The largest absolute Gasteiger partial charge is 0.325 e. The van der Waals surface area contributed by atoms with Gasteiger partial charge in [0.25, 0.3) is 0 Å². The molecule has 0 heterocycles. The summed E-state index contributed by atoms with van der Waals surface area (Å²) in [5.74, 6) is -1.03. The average Bonchev–Trinajstić information content (AvgIpc) is 2.69. The molecule has 0 saturated carbocycles. The normalized spacial score (nSPS) is 12.3. The van der Waals surface area contributed by atoms with E-state index in [0.29, 0.717) is 5.69 Å². The third-order valence-corrected chi connectivity index (χ3v) is 5.55. The quantitative estimate of drug-likeness (QED) is 0.641. The van der Waals surface area contributed by atoms with Crippen LogP contribution in [0.5, 0.6) is 0 Å². The van der Waals surface area contributed by atoms with Gasteiger partial charge in [-0.1, -0.05) is 48.5 Å². The predicted octanol–water partition coefficient (Wildman–Crippen LogP) is 3.35. The van der Waals surface area contributed by atoms with Crippen molar-refractivity contribution < 1.29 is 17.6 Å². The third kappa shape index (κ3) is 5.25. The maximum Gasteiger partial charge on any atom is 0.242 e. The SMILES string of the molecule is O=C(Nc1ccccc1)C(Cc1ccccc1)NS(=O)(=O)c1ccc(F)cc1. The first-order chi connectivity index (χ1) is 13.4. The van der Waals surface area contributed by atoms with Crippen LogP contribution < -0.4 is 10.0 Å². The molecule has 0 spiro atoms. The highest BCUT2D eigenvalue weighted by molar-refractivity contribution is 7.89. The van der Waals surface area contributed by atoms with E-state index >= 15 is 0 Å². The summed E-state index contributed by atoms with van der Waals surface area (Å²) < 4.78 is 40.9. The summed E-state index contributed by atoms with van der Waals surface area (Å²) in [6.45, 7) is 0. The Morgan fingerprint density at radius 1 is 0.857 bits per heavy atom. The van der Waals surface area contributed by atoms with Crippen molar-refractivity contribution >= 4 is 21.6 Å². The molecule has 0 aromatic heterocycles. The highest BCUT2D eigenvalue weighted by Crippen LogP contribution is 2.14. The number of nitrogens with one attached hydrogen (secondary N) is 2. The molecule has 1 atom stereocenters. The monoisotopic (exact) mass is 398 g/mol. The van der Waals surface area contributed by atoms with Crippen LogP contribution in [0.4, 0.5) is 10.1 Å². The predicted molar refractivity (Wildman–Crippen MR) is 106 cm³/mol. The van der Waals surface area contributed by atoms with E-state index in [4.69, 9.17) is 0 Å². The third-order valence-electron chi connectivity index (χ3n) is 4.06. The number of halogens is 1. The van der Waals surface area contributed by atoms with E-state index in [9.17, 15) is 17.6 Å². The fourth-order valence-corrected chi connectivity index (χ4v) is 3.85. The summed E-state index contributed by atoms with van der Waals surface area (Å²) in [6.07, 6.45) is 0.167. The summed E-state index contributed by atoms with van der Waals surface area (Å²) >= 11 is 0. The van der Waals surface area contributed by atoms with Gasteiger partial charge in [0.15, 0.2) is 0 Å². The van der Waals surface area contributed by atoms with Crippen molar-refractivity contribution in [2.75, 3.05) is 5.32 Å². The fourth-order valence-electron chi connectivity index (χ4n) is 2.66. The number of sulfonamides is 1. The van der Waals surface area contributed by atoms with E-state index in [2.05, 4.69) is 10.0 Å². The van der Waals surface area contributed by atoms with Crippen LogP contribution in [-0.2, 0) is 21.2 Å². The first-order valence-corrected chi connectivity index (χ1v) is 10.1. The van der Waals surface area contributed by atoms with Gasteiger partial charge in [0.1, 0.15) is 11.9 Å². The molecule has 1 unspecified atom stereocenters. The second kappa shape index (κ2) is 8.77. The summed E-state index contributed by atoms with van der Waals surface area (Å²) in [7, 11) is -4.01. The molecule has 0 saturated heterocycles. The lowest BCUT2D eigenvalue weighted by molar-refractivity contribution is -0.117. The molecule has 28 heavy (non-hydrogen) atoms. The number of hydrogen-bond donors (Lipinski definition) is 2. The molecule has 3 rings (SSSR count). The molecule has 1 amide bonds. The lowest BCUT2D eigenvalue weighted by Gasteiger charge is -2.19. The first-order valence-electron chi connectivity index (χ1n) is 8.62. The van der Waals surface area contributed by atoms with Crippen molar-refractivity contribution in [2.45, 2.75) is 17.4 Å². The Balaban J connectivity index is 1.84. The van der Waals surface area contributed by atoms with Crippen molar-refractivity contribution in [1.82, 2.24) is 4.72 Å². The number of carbonyl (C=O) groups is 1. The van der Waals surface area contributed by atoms with Crippen LogP contribution >= 0.6 is 0 Å². The van der Waals surface area contributed by atoms with Gasteiger partial charge in [0.05, 0.1) is 4.90 Å². The van der Waals surface area contributed by atoms with Gasteiger partial charge >= 0.3 is 0 Å². The smallest absolute Gasteiger partial charge is 0.242 e. The van der Waals surface area contributed by atoms with Crippen molar-refractivity contribution in [2.24, 2.45) is 0 Å². The number of rotatable bonds is 7. The fraction of sp³-hybridized carbons (Fsp3) is 0.0952. The van der Waals surface area contributed by atoms with Crippen LogP contribution in [-0.4, -0.2) is 20.4 Å². The Bertz CT molecular complexity index is 1020. The Hall–Kier alpha value is -3.03. The minimum Gasteiger partial charge on any atom is -0.325 e. The Labute approximate surface area is 163 Å². The summed E-state index contributed by atoms with van der Waals surface area (Å²) in [5, 5.41) is 2.72. The van der Waals surface area contributed by atoms with Crippen molar-refractivity contribution in [1.29, 1.82) is 0 Å². The molecule has 3 aromatic carbocycles. The Morgan fingerprint density at radius 2 is 1.43 bits per heavy atom. The second-order valence-corrected chi connectivity index (χ2v) is 7.89. The van der Waals surface area contributed by atoms with E-state index in [1.54, 1.807) is 24.3 Å². The molecule has 144 valence electrons. The molecule has 0 aliphatic heterocycles.